The van der Waals surface area contributed by atoms with Gasteiger partial charge in [-0.15, -0.1) is 0 Å². The second-order valence-corrected chi connectivity index (χ2v) is 6.58. The number of para-hydroxylation sites is 1. The maximum absolute atomic E-state index is 11.9. The minimum atomic E-state index is -3.42. The van der Waals surface area contributed by atoms with Gasteiger partial charge in [0.1, 0.15) is 4.90 Å². The van der Waals surface area contributed by atoms with E-state index >= 15 is 0 Å². The molecule has 2 rings (SSSR count). The van der Waals surface area contributed by atoms with E-state index in [4.69, 9.17) is 0 Å². The molecule has 1 fully saturated rings. The summed E-state index contributed by atoms with van der Waals surface area (Å²) in [5, 5.41) is 6.53. The summed E-state index contributed by atoms with van der Waals surface area (Å²) in [6, 6.07) is 6.97. The molecule has 0 spiro atoms. The lowest BCUT2D eigenvalue weighted by Crippen LogP contribution is -2.45. The third kappa shape index (κ3) is 3.92. The fraction of sp³-hybridized carbons (Fsp3) is 0.538. The molecule has 0 atom stereocenters. The molecule has 0 amide bonds. The van der Waals surface area contributed by atoms with E-state index in [2.05, 4.69) is 20.3 Å². The minimum Gasteiger partial charge on any atom is -0.383 e. The van der Waals surface area contributed by atoms with Crippen LogP contribution in [0.1, 0.15) is 0 Å². The Morgan fingerprint density at radius 2 is 1.95 bits per heavy atom. The molecular weight excluding hydrogens is 276 g/mol. The van der Waals surface area contributed by atoms with Crippen LogP contribution in [-0.2, 0) is 10.0 Å². The molecule has 20 heavy (non-hydrogen) atoms. The predicted octanol–water partition coefficient (Wildman–Crippen LogP) is -0.0882. The van der Waals surface area contributed by atoms with Gasteiger partial charge < -0.3 is 10.6 Å². The molecule has 0 aromatic heterocycles. The molecule has 1 saturated heterocycles. The first-order chi connectivity index (χ1) is 9.63. The molecule has 1 aliphatic heterocycles. The van der Waals surface area contributed by atoms with Crippen LogP contribution in [0.2, 0.25) is 0 Å². The molecule has 1 heterocycles. The topological polar surface area (TPSA) is 73.5 Å². The number of benzene rings is 1. The Hall–Kier alpha value is -1.15. The molecule has 6 nitrogen and oxygen atoms in total. The van der Waals surface area contributed by atoms with Gasteiger partial charge in [-0.1, -0.05) is 12.1 Å². The molecule has 0 unspecified atom stereocenters. The zero-order valence-corrected chi connectivity index (χ0v) is 12.5. The van der Waals surface area contributed by atoms with Crippen LogP contribution in [0.15, 0.2) is 29.2 Å². The third-order valence-electron chi connectivity index (χ3n) is 3.40. The number of sulfonamides is 1. The smallest absolute Gasteiger partial charge is 0.242 e. The Balaban J connectivity index is 1.95. The summed E-state index contributed by atoms with van der Waals surface area (Å²) in [5.41, 5.74) is 0.650. The summed E-state index contributed by atoms with van der Waals surface area (Å²) in [7, 11) is -2.00. The highest BCUT2D eigenvalue weighted by Crippen LogP contribution is 2.19. The Labute approximate surface area is 120 Å². The van der Waals surface area contributed by atoms with Crippen LogP contribution in [-0.4, -0.2) is 59.6 Å². The molecule has 1 aliphatic rings. The standard InChI is InChI=1S/C13H22N4O2S/c1-14-20(18,19)13-5-3-2-4-12(13)16-8-11-17-9-6-15-7-10-17/h2-5,14-16H,6-11H2,1H3. The van der Waals surface area contributed by atoms with Crippen molar-refractivity contribution in [1.82, 2.24) is 14.9 Å². The van der Waals surface area contributed by atoms with Crippen molar-refractivity contribution in [2.24, 2.45) is 0 Å². The first-order valence-corrected chi connectivity index (χ1v) is 8.31. The highest BCUT2D eigenvalue weighted by Gasteiger charge is 2.16. The second kappa shape index (κ2) is 7.03. The minimum absolute atomic E-state index is 0.294. The van der Waals surface area contributed by atoms with Crippen LogP contribution in [0.25, 0.3) is 0 Å². The normalized spacial score (nSPS) is 17.1. The van der Waals surface area contributed by atoms with Crippen LogP contribution in [0.4, 0.5) is 5.69 Å². The number of rotatable bonds is 6. The molecule has 1 aromatic rings. The van der Waals surface area contributed by atoms with Crippen LogP contribution < -0.4 is 15.4 Å². The number of hydrogen-bond acceptors (Lipinski definition) is 5. The summed E-state index contributed by atoms with van der Waals surface area (Å²) < 4.78 is 26.2. The van der Waals surface area contributed by atoms with Crippen molar-refractivity contribution in [1.29, 1.82) is 0 Å². The van der Waals surface area contributed by atoms with E-state index in [0.29, 0.717) is 10.6 Å². The Kier molecular flexibility index (Phi) is 5.36. The monoisotopic (exact) mass is 298 g/mol. The summed E-state index contributed by atoms with van der Waals surface area (Å²) in [5.74, 6) is 0. The Bertz CT molecular complexity index is 527. The molecule has 0 aliphatic carbocycles. The van der Waals surface area contributed by atoms with E-state index in [1.165, 1.54) is 7.05 Å². The highest BCUT2D eigenvalue weighted by atomic mass is 32.2. The Morgan fingerprint density at radius 3 is 2.65 bits per heavy atom. The van der Waals surface area contributed by atoms with Crippen LogP contribution in [0, 0.1) is 0 Å². The lowest BCUT2D eigenvalue weighted by molar-refractivity contribution is 0.249. The average Bonchev–Trinajstić information content (AvgIpc) is 2.49. The fourth-order valence-corrected chi connectivity index (χ4v) is 3.15. The molecule has 1 aromatic carbocycles. The largest absolute Gasteiger partial charge is 0.383 e. The fourth-order valence-electron chi connectivity index (χ4n) is 2.24. The Morgan fingerprint density at radius 1 is 1.25 bits per heavy atom. The van der Waals surface area contributed by atoms with Gasteiger partial charge in [0.2, 0.25) is 10.0 Å². The molecule has 7 heteroatoms. The quantitative estimate of drug-likeness (QED) is 0.685. The van der Waals surface area contributed by atoms with Gasteiger partial charge in [0.25, 0.3) is 0 Å². The summed E-state index contributed by atoms with van der Waals surface area (Å²) in [6.45, 7) is 5.76. The maximum atomic E-state index is 11.9. The number of piperazine rings is 1. The van der Waals surface area contributed by atoms with Gasteiger partial charge in [-0.25, -0.2) is 13.1 Å². The van der Waals surface area contributed by atoms with Crippen molar-refractivity contribution < 1.29 is 8.42 Å². The molecule has 0 saturated carbocycles. The van der Waals surface area contributed by atoms with Gasteiger partial charge in [0.15, 0.2) is 0 Å². The van der Waals surface area contributed by atoms with E-state index in [-0.39, 0.29) is 0 Å². The summed E-state index contributed by atoms with van der Waals surface area (Å²) in [6.07, 6.45) is 0. The molecular formula is C13H22N4O2S. The van der Waals surface area contributed by atoms with Gasteiger partial charge in [0.05, 0.1) is 5.69 Å². The number of hydrogen-bond donors (Lipinski definition) is 3. The number of nitrogens with one attached hydrogen (secondary N) is 3. The van der Waals surface area contributed by atoms with Gasteiger partial charge in [0, 0.05) is 39.3 Å². The van der Waals surface area contributed by atoms with E-state index in [0.717, 1.165) is 39.3 Å². The SMILES string of the molecule is CNS(=O)(=O)c1ccccc1NCCN1CCNCC1. The van der Waals surface area contributed by atoms with Crippen molar-refractivity contribution in [3.63, 3.8) is 0 Å². The second-order valence-electron chi connectivity index (χ2n) is 4.72. The van der Waals surface area contributed by atoms with Crippen LogP contribution in [0.3, 0.4) is 0 Å². The van der Waals surface area contributed by atoms with Crippen molar-refractivity contribution >= 4 is 15.7 Å². The van der Waals surface area contributed by atoms with Crippen LogP contribution in [0.5, 0.6) is 0 Å². The summed E-state index contributed by atoms with van der Waals surface area (Å²) >= 11 is 0. The first kappa shape index (κ1) is 15.2. The maximum Gasteiger partial charge on any atom is 0.242 e. The van der Waals surface area contributed by atoms with Gasteiger partial charge in [-0.05, 0) is 19.2 Å². The van der Waals surface area contributed by atoms with E-state index in [1.807, 2.05) is 6.07 Å². The van der Waals surface area contributed by atoms with Gasteiger partial charge in [-0.3, -0.25) is 4.90 Å². The van der Waals surface area contributed by atoms with Gasteiger partial charge in [-0.2, -0.15) is 0 Å². The first-order valence-electron chi connectivity index (χ1n) is 6.83. The van der Waals surface area contributed by atoms with Crippen molar-refractivity contribution in [3.8, 4) is 0 Å². The van der Waals surface area contributed by atoms with Gasteiger partial charge >= 0.3 is 0 Å². The van der Waals surface area contributed by atoms with Crippen molar-refractivity contribution in [2.75, 3.05) is 51.6 Å². The average molecular weight is 298 g/mol. The number of nitrogens with zero attached hydrogens (tertiary/aromatic N) is 1. The zero-order valence-electron chi connectivity index (χ0n) is 11.7. The predicted molar refractivity (Wildman–Crippen MR) is 80.5 cm³/mol. The molecule has 112 valence electrons. The van der Waals surface area contributed by atoms with Crippen molar-refractivity contribution in [3.05, 3.63) is 24.3 Å². The summed E-state index contributed by atoms with van der Waals surface area (Å²) in [4.78, 5) is 2.65. The highest BCUT2D eigenvalue weighted by molar-refractivity contribution is 7.89. The van der Waals surface area contributed by atoms with Crippen LogP contribution >= 0.6 is 0 Å². The van der Waals surface area contributed by atoms with E-state index < -0.39 is 10.0 Å². The lowest BCUT2D eigenvalue weighted by atomic mass is 10.3. The lowest BCUT2D eigenvalue weighted by Gasteiger charge is -2.27. The van der Waals surface area contributed by atoms with E-state index in [9.17, 15) is 8.42 Å². The zero-order chi connectivity index (χ0) is 14.4. The molecule has 3 N–H and O–H groups in total. The molecule has 0 bridgehead atoms. The third-order valence-corrected chi connectivity index (χ3v) is 4.87. The number of anilines is 1. The van der Waals surface area contributed by atoms with Crippen molar-refractivity contribution in [2.45, 2.75) is 4.90 Å². The molecule has 0 radical (unpaired) electrons. The van der Waals surface area contributed by atoms with E-state index in [1.54, 1.807) is 18.2 Å².